The summed E-state index contributed by atoms with van der Waals surface area (Å²) in [5, 5.41) is 0. The molecule has 1 aromatic heterocycles. The Kier molecular flexibility index (Phi) is 2.48. The first-order valence-corrected chi connectivity index (χ1v) is 5.85. The Bertz CT molecular complexity index is 661. The molecule has 0 saturated carbocycles. The number of anilines is 1. The molecule has 0 aliphatic carbocycles. The molecule has 2 heterocycles. The van der Waals surface area contributed by atoms with E-state index >= 15 is 0 Å². The third-order valence-corrected chi connectivity index (χ3v) is 3.18. The number of rotatable bonds is 1. The summed E-state index contributed by atoms with van der Waals surface area (Å²) in [5.74, 6) is -0.234. The first-order valence-electron chi connectivity index (χ1n) is 5.85. The number of carbonyl (C=O) groups is 1. The maximum absolute atomic E-state index is 12.3. The van der Waals surface area contributed by atoms with Crippen LogP contribution in [-0.2, 0) is 6.42 Å². The van der Waals surface area contributed by atoms with Crippen molar-refractivity contribution in [1.29, 1.82) is 0 Å². The van der Waals surface area contributed by atoms with Gasteiger partial charge in [-0.3, -0.25) is 9.59 Å². The Balaban J connectivity index is 2.01. The number of pyridine rings is 1. The second-order valence-electron chi connectivity index (χ2n) is 4.25. The summed E-state index contributed by atoms with van der Waals surface area (Å²) in [4.78, 5) is 28.2. The van der Waals surface area contributed by atoms with Crippen molar-refractivity contribution in [2.45, 2.75) is 6.42 Å². The fourth-order valence-corrected chi connectivity index (χ4v) is 2.28. The van der Waals surface area contributed by atoms with Crippen LogP contribution in [0.4, 0.5) is 5.69 Å². The highest BCUT2D eigenvalue weighted by Crippen LogP contribution is 2.28. The van der Waals surface area contributed by atoms with E-state index in [9.17, 15) is 9.59 Å². The quantitative estimate of drug-likeness (QED) is 0.822. The zero-order valence-corrected chi connectivity index (χ0v) is 9.72. The number of hydrogen-bond acceptors (Lipinski definition) is 2. The molecule has 3 rings (SSSR count). The second-order valence-corrected chi connectivity index (χ2v) is 4.25. The molecule has 1 aromatic carbocycles. The molecule has 4 heteroatoms. The summed E-state index contributed by atoms with van der Waals surface area (Å²) >= 11 is 0. The van der Waals surface area contributed by atoms with Crippen LogP contribution in [0.5, 0.6) is 0 Å². The number of H-pyrrole nitrogens is 1. The van der Waals surface area contributed by atoms with E-state index in [0.29, 0.717) is 6.54 Å². The molecule has 2 aromatic rings. The Hall–Kier alpha value is -2.36. The van der Waals surface area contributed by atoms with E-state index in [1.807, 2.05) is 24.3 Å². The fraction of sp³-hybridized carbons (Fsp3) is 0.143. The molecule has 0 fully saturated rings. The molecule has 0 spiro atoms. The summed E-state index contributed by atoms with van der Waals surface area (Å²) in [6, 6.07) is 11.0. The van der Waals surface area contributed by atoms with E-state index in [1.54, 1.807) is 17.0 Å². The molecule has 18 heavy (non-hydrogen) atoms. The maximum Gasteiger partial charge on any atom is 0.263 e. The molecule has 1 aliphatic rings. The minimum atomic E-state index is -0.341. The van der Waals surface area contributed by atoms with E-state index in [1.165, 1.54) is 6.20 Å². The molecule has 0 saturated heterocycles. The molecule has 1 N–H and O–H groups in total. The van der Waals surface area contributed by atoms with Gasteiger partial charge in [0.25, 0.3) is 11.5 Å². The summed E-state index contributed by atoms with van der Waals surface area (Å²) in [7, 11) is 0. The van der Waals surface area contributed by atoms with Gasteiger partial charge in [0, 0.05) is 18.4 Å². The van der Waals surface area contributed by atoms with Crippen LogP contribution in [0.2, 0.25) is 0 Å². The molecule has 0 bridgehead atoms. The number of benzene rings is 1. The van der Waals surface area contributed by atoms with Crippen molar-refractivity contribution < 1.29 is 4.79 Å². The standard InChI is InChI=1S/C14H12N2O2/c17-13-11(5-3-8-15-13)14(18)16-9-7-10-4-1-2-6-12(10)16/h1-6,8H,7,9H2,(H,15,17). The summed E-state index contributed by atoms with van der Waals surface area (Å²) < 4.78 is 0. The van der Waals surface area contributed by atoms with Crippen LogP contribution < -0.4 is 10.5 Å². The first-order chi connectivity index (χ1) is 8.77. The van der Waals surface area contributed by atoms with Crippen LogP contribution in [0.1, 0.15) is 15.9 Å². The normalized spacial score (nSPS) is 13.4. The van der Waals surface area contributed by atoms with Gasteiger partial charge in [-0.15, -0.1) is 0 Å². The first kappa shape index (κ1) is 10.8. The number of nitrogens with zero attached hydrogens (tertiary/aromatic N) is 1. The average Bonchev–Trinajstić information content (AvgIpc) is 2.82. The van der Waals surface area contributed by atoms with Crippen LogP contribution in [0, 0.1) is 0 Å². The third kappa shape index (κ3) is 1.62. The van der Waals surface area contributed by atoms with Gasteiger partial charge in [0.2, 0.25) is 0 Å². The van der Waals surface area contributed by atoms with Crippen molar-refractivity contribution in [2.75, 3.05) is 11.4 Å². The number of hydrogen-bond donors (Lipinski definition) is 1. The number of aromatic nitrogens is 1. The van der Waals surface area contributed by atoms with Crippen molar-refractivity contribution in [3.63, 3.8) is 0 Å². The van der Waals surface area contributed by atoms with Gasteiger partial charge in [-0.25, -0.2) is 0 Å². The number of para-hydroxylation sites is 1. The van der Waals surface area contributed by atoms with Crippen LogP contribution in [0.25, 0.3) is 0 Å². The summed E-state index contributed by atoms with van der Waals surface area (Å²) in [6.45, 7) is 0.631. The minimum absolute atomic E-state index is 0.189. The molecule has 4 nitrogen and oxygen atoms in total. The highest BCUT2D eigenvalue weighted by Gasteiger charge is 2.26. The van der Waals surface area contributed by atoms with Crippen LogP contribution in [-0.4, -0.2) is 17.4 Å². The van der Waals surface area contributed by atoms with Crippen molar-refractivity contribution in [3.8, 4) is 0 Å². The molecular formula is C14H12N2O2. The van der Waals surface area contributed by atoms with Gasteiger partial charge in [0.1, 0.15) is 5.56 Å². The zero-order chi connectivity index (χ0) is 12.5. The Labute approximate surface area is 104 Å². The predicted octanol–water partition coefficient (Wildman–Crippen LogP) is 1.58. The van der Waals surface area contributed by atoms with Crippen LogP contribution in [0.3, 0.4) is 0 Å². The zero-order valence-electron chi connectivity index (χ0n) is 9.72. The van der Waals surface area contributed by atoms with E-state index in [-0.39, 0.29) is 17.0 Å². The van der Waals surface area contributed by atoms with E-state index < -0.39 is 0 Å². The minimum Gasteiger partial charge on any atom is -0.328 e. The lowest BCUT2D eigenvalue weighted by molar-refractivity contribution is 0.0988. The molecular weight excluding hydrogens is 228 g/mol. The van der Waals surface area contributed by atoms with Gasteiger partial charge >= 0.3 is 0 Å². The van der Waals surface area contributed by atoms with Gasteiger partial charge in [-0.1, -0.05) is 18.2 Å². The third-order valence-electron chi connectivity index (χ3n) is 3.18. The Morgan fingerprint density at radius 2 is 2.00 bits per heavy atom. The van der Waals surface area contributed by atoms with Gasteiger partial charge in [-0.05, 0) is 30.2 Å². The Morgan fingerprint density at radius 3 is 2.83 bits per heavy atom. The second kappa shape index (κ2) is 4.14. The Morgan fingerprint density at radius 1 is 1.17 bits per heavy atom. The predicted molar refractivity (Wildman–Crippen MR) is 68.9 cm³/mol. The fourth-order valence-electron chi connectivity index (χ4n) is 2.28. The number of aromatic amines is 1. The topological polar surface area (TPSA) is 53.2 Å². The van der Waals surface area contributed by atoms with Gasteiger partial charge in [0.05, 0.1) is 0 Å². The highest BCUT2D eigenvalue weighted by molar-refractivity contribution is 6.07. The number of fused-ring (bicyclic) bond motifs is 1. The lowest BCUT2D eigenvalue weighted by Gasteiger charge is -2.16. The maximum atomic E-state index is 12.3. The smallest absolute Gasteiger partial charge is 0.263 e. The monoisotopic (exact) mass is 240 g/mol. The van der Waals surface area contributed by atoms with Crippen LogP contribution >= 0.6 is 0 Å². The molecule has 1 amide bonds. The number of carbonyl (C=O) groups excluding carboxylic acids is 1. The van der Waals surface area contributed by atoms with Gasteiger partial charge in [0.15, 0.2) is 0 Å². The largest absolute Gasteiger partial charge is 0.328 e. The van der Waals surface area contributed by atoms with Crippen molar-refractivity contribution in [1.82, 2.24) is 4.98 Å². The SMILES string of the molecule is O=C(c1ccc[nH]c1=O)N1CCc2ccccc21. The van der Waals surface area contributed by atoms with Crippen molar-refractivity contribution in [3.05, 3.63) is 64.1 Å². The summed E-state index contributed by atoms with van der Waals surface area (Å²) in [6.07, 6.45) is 2.36. The number of amides is 1. The van der Waals surface area contributed by atoms with Gasteiger partial charge in [-0.2, -0.15) is 0 Å². The molecule has 90 valence electrons. The molecule has 0 radical (unpaired) electrons. The van der Waals surface area contributed by atoms with Crippen molar-refractivity contribution in [2.24, 2.45) is 0 Å². The average molecular weight is 240 g/mol. The van der Waals surface area contributed by atoms with Gasteiger partial charge < -0.3 is 9.88 Å². The lowest BCUT2D eigenvalue weighted by Crippen LogP contribution is -2.33. The highest BCUT2D eigenvalue weighted by atomic mass is 16.2. The van der Waals surface area contributed by atoms with Crippen molar-refractivity contribution >= 4 is 11.6 Å². The van der Waals surface area contributed by atoms with E-state index in [2.05, 4.69) is 4.98 Å². The van der Waals surface area contributed by atoms with E-state index in [0.717, 1.165) is 17.7 Å². The lowest BCUT2D eigenvalue weighted by atomic mass is 10.2. The molecule has 0 unspecified atom stereocenters. The number of nitrogens with one attached hydrogen (secondary N) is 1. The summed E-state index contributed by atoms with van der Waals surface area (Å²) in [5.41, 5.74) is 1.91. The van der Waals surface area contributed by atoms with E-state index in [4.69, 9.17) is 0 Å². The van der Waals surface area contributed by atoms with Crippen LogP contribution in [0.15, 0.2) is 47.4 Å². The molecule has 1 aliphatic heterocycles. The molecule has 0 atom stereocenters.